The first kappa shape index (κ1) is 25.3. The molecular formula is C25H34N4O5. The van der Waals surface area contributed by atoms with E-state index in [-0.39, 0.29) is 17.7 Å². The second-order valence-corrected chi connectivity index (χ2v) is 9.49. The van der Waals surface area contributed by atoms with Crippen LogP contribution in [0.1, 0.15) is 56.0 Å². The fourth-order valence-corrected chi connectivity index (χ4v) is 3.81. The molecule has 0 saturated carbocycles. The molecule has 34 heavy (non-hydrogen) atoms. The van der Waals surface area contributed by atoms with Crippen molar-refractivity contribution in [2.24, 2.45) is 5.92 Å². The molecule has 0 bridgehead atoms. The van der Waals surface area contributed by atoms with Gasteiger partial charge in [-0.15, -0.1) is 0 Å². The summed E-state index contributed by atoms with van der Waals surface area (Å²) >= 11 is 0. The summed E-state index contributed by atoms with van der Waals surface area (Å²) < 4.78 is 10.5. The van der Waals surface area contributed by atoms with Gasteiger partial charge in [-0.1, -0.05) is 6.07 Å². The molecule has 3 rings (SSSR count). The number of rotatable bonds is 8. The Bertz CT molecular complexity index is 932. The van der Waals surface area contributed by atoms with E-state index in [1.54, 1.807) is 28.3 Å². The highest BCUT2D eigenvalue weighted by Crippen LogP contribution is 2.19. The van der Waals surface area contributed by atoms with Crippen LogP contribution in [0.15, 0.2) is 47.5 Å². The van der Waals surface area contributed by atoms with E-state index < -0.39 is 11.7 Å². The van der Waals surface area contributed by atoms with Gasteiger partial charge in [0.1, 0.15) is 11.9 Å². The summed E-state index contributed by atoms with van der Waals surface area (Å²) in [5, 5.41) is 2.98. The maximum absolute atomic E-state index is 12.7. The summed E-state index contributed by atoms with van der Waals surface area (Å²) in [7, 11) is 0. The van der Waals surface area contributed by atoms with Gasteiger partial charge < -0.3 is 24.3 Å². The fourth-order valence-electron chi connectivity index (χ4n) is 3.81. The van der Waals surface area contributed by atoms with Crippen molar-refractivity contribution in [3.05, 3.63) is 54.2 Å². The molecule has 1 N–H and O–H groups in total. The molecule has 3 amide bonds. The Labute approximate surface area is 200 Å². The molecule has 1 aliphatic heterocycles. The molecule has 0 aromatic carbocycles. The van der Waals surface area contributed by atoms with E-state index in [2.05, 4.69) is 10.3 Å². The first-order chi connectivity index (χ1) is 16.2. The van der Waals surface area contributed by atoms with Crippen LogP contribution >= 0.6 is 0 Å². The quantitative estimate of drug-likeness (QED) is 0.593. The minimum absolute atomic E-state index is 0.00788. The number of hydrogen-bond donors (Lipinski definition) is 1. The zero-order chi connectivity index (χ0) is 24.6. The molecule has 9 nitrogen and oxygen atoms in total. The van der Waals surface area contributed by atoms with Crippen LogP contribution in [0.5, 0.6) is 0 Å². The summed E-state index contributed by atoms with van der Waals surface area (Å²) in [4.78, 5) is 45.2. The maximum atomic E-state index is 12.7. The zero-order valence-electron chi connectivity index (χ0n) is 20.2. The van der Waals surface area contributed by atoms with Crippen molar-refractivity contribution in [2.45, 2.75) is 52.2 Å². The average molecular weight is 471 g/mol. The van der Waals surface area contributed by atoms with Crippen molar-refractivity contribution in [3.63, 3.8) is 0 Å². The van der Waals surface area contributed by atoms with Crippen molar-refractivity contribution in [3.8, 4) is 0 Å². The molecule has 184 valence electrons. The lowest BCUT2D eigenvalue weighted by Gasteiger charge is -2.31. The monoisotopic (exact) mass is 470 g/mol. The Kier molecular flexibility index (Phi) is 8.67. The molecule has 0 aliphatic carbocycles. The van der Waals surface area contributed by atoms with Crippen LogP contribution in [0.3, 0.4) is 0 Å². The van der Waals surface area contributed by atoms with Crippen LogP contribution in [-0.4, -0.2) is 64.5 Å². The average Bonchev–Trinajstić information content (AvgIpc) is 3.35. The van der Waals surface area contributed by atoms with Crippen molar-refractivity contribution in [2.75, 3.05) is 26.2 Å². The molecule has 0 atom stereocenters. The smallest absolute Gasteiger partial charge is 0.410 e. The molecule has 0 unspecified atom stereocenters. The fraction of sp³-hybridized carbons (Fsp3) is 0.520. The van der Waals surface area contributed by atoms with Crippen LogP contribution in [0.4, 0.5) is 4.79 Å². The van der Waals surface area contributed by atoms with Crippen molar-refractivity contribution in [1.82, 2.24) is 20.1 Å². The molecular weight excluding hydrogens is 436 g/mol. The maximum Gasteiger partial charge on any atom is 0.410 e. The minimum Gasteiger partial charge on any atom is -0.472 e. The highest BCUT2D eigenvalue weighted by atomic mass is 16.6. The number of pyridine rings is 1. The standard InChI is InChI=1S/C25H34N4O5/c1-25(2,3)34-24(32)29(17-19-6-4-10-26-16-19)12-5-11-27-22(30)20-7-13-28(14-8-20)23(31)21-9-15-33-18-21/h4,6,9-10,15-16,18,20H,5,7-8,11-14,17H2,1-3H3,(H,27,30). The second-order valence-electron chi connectivity index (χ2n) is 9.49. The highest BCUT2D eigenvalue weighted by Gasteiger charge is 2.28. The van der Waals surface area contributed by atoms with Gasteiger partial charge in [-0.25, -0.2) is 4.79 Å². The van der Waals surface area contributed by atoms with E-state index in [1.165, 1.54) is 12.5 Å². The van der Waals surface area contributed by atoms with Crippen molar-refractivity contribution >= 4 is 17.9 Å². The Morgan fingerprint density at radius 1 is 1.24 bits per heavy atom. The molecule has 0 radical (unpaired) electrons. The number of likely N-dealkylation sites (tertiary alicyclic amines) is 1. The van der Waals surface area contributed by atoms with E-state index in [9.17, 15) is 14.4 Å². The Hall–Kier alpha value is -3.36. The molecule has 9 heteroatoms. The number of hydrogen-bond acceptors (Lipinski definition) is 6. The summed E-state index contributed by atoms with van der Waals surface area (Å²) in [6, 6.07) is 5.39. The number of amides is 3. The lowest BCUT2D eigenvalue weighted by atomic mass is 9.95. The Morgan fingerprint density at radius 2 is 2.00 bits per heavy atom. The Morgan fingerprint density at radius 3 is 2.62 bits per heavy atom. The first-order valence-electron chi connectivity index (χ1n) is 11.7. The number of carbonyl (C=O) groups excluding carboxylic acids is 3. The minimum atomic E-state index is -0.591. The number of nitrogens with one attached hydrogen (secondary N) is 1. The number of carbonyl (C=O) groups is 3. The van der Waals surface area contributed by atoms with Gasteiger partial charge in [-0.2, -0.15) is 0 Å². The predicted molar refractivity (Wildman–Crippen MR) is 126 cm³/mol. The van der Waals surface area contributed by atoms with Gasteiger partial charge in [0, 0.05) is 44.5 Å². The second kappa shape index (κ2) is 11.7. The van der Waals surface area contributed by atoms with Gasteiger partial charge in [-0.05, 0) is 57.7 Å². The van der Waals surface area contributed by atoms with Gasteiger partial charge in [0.25, 0.3) is 5.91 Å². The normalized spacial score (nSPS) is 14.5. The van der Waals surface area contributed by atoms with Gasteiger partial charge in [-0.3, -0.25) is 14.6 Å². The van der Waals surface area contributed by atoms with Gasteiger partial charge in [0.05, 0.1) is 18.4 Å². The largest absolute Gasteiger partial charge is 0.472 e. The summed E-state index contributed by atoms with van der Waals surface area (Å²) in [5.41, 5.74) is 0.852. The molecule has 1 saturated heterocycles. The molecule has 1 fully saturated rings. The third-order valence-electron chi connectivity index (χ3n) is 5.57. The highest BCUT2D eigenvalue weighted by molar-refractivity contribution is 5.94. The third-order valence-corrected chi connectivity index (χ3v) is 5.57. The third kappa shape index (κ3) is 7.60. The summed E-state index contributed by atoms with van der Waals surface area (Å²) in [6.07, 6.45) is 7.79. The van der Waals surface area contributed by atoms with Crippen LogP contribution in [0, 0.1) is 5.92 Å². The number of ether oxygens (including phenoxy) is 1. The Balaban J connectivity index is 1.43. The molecule has 2 aromatic heterocycles. The van der Waals surface area contributed by atoms with Crippen molar-refractivity contribution < 1.29 is 23.5 Å². The molecule has 0 spiro atoms. The number of piperidine rings is 1. The van der Waals surface area contributed by atoms with E-state index in [0.717, 1.165) is 5.56 Å². The zero-order valence-corrected chi connectivity index (χ0v) is 20.2. The van der Waals surface area contributed by atoms with E-state index in [1.807, 2.05) is 32.9 Å². The molecule has 3 heterocycles. The van der Waals surface area contributed by atoms with Crippen LogP contribution in [0.2, 0.25) is 0 Å². The van der Waals surface area contributed by atoms with E-state index in [4.69, 9.17) is 9.15 Å². The van der Waals surface area contributed by atoms with E-state index in [0.29, 0.717) is 57.5 Å². The number of furan rings is 1. The van der Waals surface area contributed by atoms with Crippen LogP contribution in [0.25, 0.3) is 0 Å². The molecule has 1 aliphatic rings. The first-order valence-corrected chi connectivity index (χ1v) is 11.7. The summed E-state index contributed by atoms with van der Waals surface area (Å²) in [5.74, 6) is -0.194. The lowest BCUT2D eigenvalue weighted by Crippen LogP contribution is -2.43. The van der Waals surface area contributed by atoms with Gasteiger partial charge in [0.2, 0.25) is 5.91 Å². The van der Waals surface area contributed by atoms with Crippen molar-refractivity contribution in [1.29, 1.82) is 0 Å². The number of aromatic nitrogens is 1. The van der Waals surface area contributed by atoms with E-state index >= 15 is 0 Å². The molecule has 2 aromatic rings. The number of nitrogens with zero attached hydrogens (tertiary/aromatic N) is 3. The summed E-state index contributed by atoms with van der Waals surface area (Å²) in [6.45, 7) is 7.88. The SMILES string of the molecule is CC(C)(C)OC(=O)N(CCCNC(=O)C1CCN(C(=O)c2ccoc2)CC1)Cc1cccnc1. The predicted octanol–water partition coefficient (Wildman–Crippen LogP) is 3.47. The van der Waals surface area contributed by atoms with Crippen LogP contribution in [-0.2, 0) is 16.1 Å². The van der Waals surface area contributed by atoms with Crippen LogP contribution < -0.4 is 5.32 Å². The van der Waals surface area contributed by atoms with Gasteiger partial charge >= 0.3 is 6.09 Å². The lowest BCUT2D eigenvalue weighted by molar-refractivity contribution is -0.126. The van der Waals surface area contributed by atoms with Gasteiger partial charge in [0.15, 0.2) is 0 Å². The topological polar surface area (TPSA) is 105 Å².